The Labute approximate surface area is 219 Å². The molecule has 4 rings (SSSR count). The van der Waals surface area contributed by atoms with E-state index in [-0.39, 0.29) is 11.5 Å². The molecule has 0 N–H and O–H groups in total. The van der Waals surface area contributed by atoms with Crippen LogP contribution in [0.5, 0.6) is 0 Å². The molecule has 0 bridgehead atoms. The van der Waals surface area contributed by atoms with Crippen molar-refractivity contribution in [3.05, 3.63) is 35.9 Å². The molecule has 9 heteroatoms. The predicted molar refractivity (Wildman–Crippen MR) is 146 cm³/mol. The molecule has 3 heterocycles. The summed E-state index contributed by atoms with van der Waals surface area (Å²) < 4.78 is 40.0. The van der Waals surface area contributed by atoms with Crippen LogP contribution >= 0.6 is 0 Å². The molecule has 0 spiro atoms. The zero-order valence-corrected chi connectivity index (χ0v) is 24.4. The van der Waals surface area contributed by atoms with Crippen molar-refractivity contribution < 1.29 is 27.9 Å². The largest absolute Gasteiger partial charge is 0.460 e. The zero-order valence-electron chi connectivity index (χ0n) is 24.4. The molecule has 0 amide bonds. The van der Waals surface area contributed by atoms with Crippen molar-refractivity contribution in [1.82, 2.24) is 0 Å². The Kier molecular flexibility index (Phi) is 6.93. The predicted octanol–water partition coefficient (Wildman–Crippen LogP) is 5.79. The maximum Gasteiger partial charge on any atom is 0.460 e. The highest BCUT2D eigenvalue weighted by Gasteiger charge is 2.66. The minimum atomic E-state index is -0.558. The summed E-state index contributed by atoms with van der Waals surface area (Å²) in [6, 6.07) is 10.4. The minimum Gasteiger partial charge on any atom is -0.403 e. The monoisotopic (exact) mass is 498 g/mol. The summed E-state index contributed by atoms with van der Waals surface area (Å²) in [6.07, 6.45) is 0.705. The third-order valence-electron chi connectivity index (χ3n) is 9.60. The van der Waals surface area contributed by atoms with Crippen molar-refractivity contribution in [3.63, 3.8) is 0 Å². The van der Waals surface area contributed by atoms with E-state index in [1.165, 1.54) is 5.56 Å². The lowest BCUT2D eigenvalue weighted by molar-refractivity contribution is 0.00578. The van der Waals surface area contributed by atoms with Gasteiger partial charge in [0.05, 0.1) is 33.6 Å². The van der Waals surface area contributed by atoms with Crippen LogP contribution in [0.2, 0.25) is 11.5 Å². The lowest BCUT2D eigenvalue weighted by Crippen LogP contribution is -2.46. The Morgan fingerprint density at radius 2 is 0.806 bits per heavy atom. The number of hydrogen-bond donors (Lipinski definition) is 0. The lowest BCUT2D eigenvalue weighted by Gasteiger charge is -2.32. The van der Waals surface area contributed by atoms with Crippen LogP contribution in [0.25, 0.3) is 0 Å². The van der Waals surface area contributed by atoms with E-state index in [9.17, 15) is 0 Å². The summed E-state index contributed by atoms with van der Waals surface area (Å²) >= 11 is 0. The van der Waals surface area contributed by atoms with Gasteiger partial charge in [0.15, 0.2) is 0 Å². The Morgan fingerprint density at radius 3 is 1.14 bits per heavy atom. The van der Waals surface area contributed by atoms with Gasteiger partial charge in [-0.1, -0.05) is 30.3 Å². The Bertz CT molecular complexity index is 862. The van der Waals surface area contributed by atoms with E-state index < -0.39 is 55.0 Å². The molecule has 36 heavy (non-hydrogen) atoms. The summed E-state index contributed by atoms with van der Waals surface area (Å²) in [5, 5.41) is 0. The number of hydrogen-bond acceptors (Lipinski definition) is 6. The summed E-state index contributed by atoms with van der Waals surface area (Å²) in [5.41, 5.74) is -2.03. The zero-order chi connectivity index (χ0) is 26.9. The van der Waals surface area contributed by atoms with Gasteiger partial charge in [-0.25, -0.2) is 0 Å². The second-order valence-corrected chi connectivity index (χ2v) is 13.8. The van der Waals surface area contributed by atoms with Gasteiger partial charge in [-0.15, -0.1) is 0 Å². The van der Waals surface area contributed by atoms with Crippen molar-refractivity contribution in [2.24, 2.45) is 0 Å². The highest BCUT2D eigenvalue weighted by molar-refractivity contribution is 6.71. The third-order valence-corrected chi connectivity index (χ3v) is 9.60. The molecule has 198 valence electrons. The van der Waals surface area contributed by atoms with Crippen LogP contribution in [0.3, 0.4) is 0 Å². The molecular formula is C27H45B3O6. The van der Waals surface area contributed by atoms with Crippen LogP contribution in [0.15, 0.2) is 30.3 Å². The minimum absolute atomic E-state index is 0.155. The van der Waals surface area contributed by atoms with Gasteiger partial charge in [0.1, 0.15) is 0 Å². The Morgan fingerprint density at radius 1 is 0.500 bits per heavy atom. The van der Waals surface area contributed by atoms with Crippen LogP contribution in [0, 0.1) is 0 Å². The standard InChI is InChI=1S/C27H45B3O6/c1-22(2)23(3,4)32-28(31-22)20(18-19-16-14-13-15-17-19)21(29-33-24(5,6)25(7,8)34-29)30-35-26(9,10)27(11,12)36-30/h13-17,20-21H,18H2,1-12H3. The van der Waals surface area contributed by atoms with Gasteiger partial charge in [-0.05, 0) is 101 Å². The molecule has 3 fully saturated rings. The Balaban J connectivity index is 1.79. The maximum absolute atomic E-state index is 6.66. The van der Waals surface area contributed by atoms with E-state index >= 15 is 0 Å². The smallest absolute Gasteiger partial charge is 0.403 e. The fourth-order valence-electron chi connectivity index (χ4n) is 4.99. The van der Waals surface area contributed by atoms with Crippen molar-refractivity contribution in [3.8, 4) is 0 Å². The average Bonchev–Trinajstić information content (AvgIpc) is 3.16. The average molecular weight is 498 g/mol. The highest BCUT2D eigenvalue weighted by atomic mass is 16.7. The fraction of sp³-hybridized carbons (Fsp3) is 0.778. The van der Waals surface area contributed by atoms with Gasteiger partial charge in [0.2, 0.25) is 0 Å². The van der Waals surface area contributed by atoms with Gasteiger partial charge >= 0.3 is 21.4 Å². The number of benzene rings is 1. The van der Waals surface area contributed by atoms with E-state index in [1.54, 1.807) is 0 Å². The van der Waals surface area contributed by atoms with Crippen molar-refractivity contribution in [2.75, 3.05) is 0 Å². The first-order valence-electron chi connectivity index (χ1n) is 13.4. The first-order valence-corrected chi connectivity index (χ1v) is 13.4. The van der Waals surface area contributed by atoms with Crippen molar-refractivity contribution in [1.29, 1.82) is 0 Å². The molecule has 6 nitrogen and oxygen atoms in total. The molecule has 3 saturated heterocycles. The molecule has 1 unspecified atom stereocenters. The van der Waals surface area contributed by atoms with Crippen LogP contribution in [-0.4, -0.2) is 55.0 Å². The van der Waals surface area contributed by atoms with E-state index in [0.717, 1.165) is 0 Å². The summed E-state index contributed by atoms with van der Waals surface area (Å²) in [6.45, 7) is 25.0. The Hall–Kier alpha value is -0.825. The summed E-state index contributed by atoms with van der Waals surface area (Å²) in [5.74, 6) is -0.155. The van der Waals surface area contributed by atoms with Crippen LogP contribution in [0.1, 0.15) is 88.6 Å². The lowest BCUT2D eigenvalue weighted by atomic mass is 9.39. The van der Waals surface area contributed by atoms with Gasteiger partial charge in [0.25, 0.3) is 0 Å². The third kappa shape index (κ3) is 4.85. The van der Waals surface area contributed by atoms with Crippen molar-refractivity contribution >= 4 is 21.4 Å². The van der Waals surface area contributed by atoms with E-state index in [4.69, 9.17) is 27.9 Å². The topological polar surface area (TPSA) is 55.4 Å². The molecular weight excluding hydrogens is 453 g/mol. The first-order chi connectivity index (χ1) is 16.3. The fourth-order valence-corrected chi connectivity index (χ4v) is 4.99. The maximum atomic E-state index is 6.66. The van der Waals surface area contributed by atoms with Crippen LogP contribution < -0.4 is 0 Å². The van der Waals surface area contributed by atoms with Crippen LogP contribution in [0.4, 0.5) is 0 Å². The van der Waals surface area contributed by atoms with Crippen LogP contribution in [-0.2, 0) is 34.3 Å². The van der Waals surface area contributed by atoms with E-state index in [2.05, 4.69) is 107 Å². The van der Waals surface area contributed by atoms with E-state index in [1.807, 2.05) is 6.07 Å². The molecule has 1 aromatic carbocycles. The molecule has 3 aliphatic rings. The molecule has 0 aliphatic carbocycles. The van der Waals surface area contributed by atoms with Gasteiger partial charge in [-0.3, -0.25) is 0 Å². The molecule has 1 atom stereocenters. The quantitative estimate of drug-likeness (QED) is 0.464. The second kappa shape index (κ2) is 8.85. The van der Waals surface area contributed by atoms with Crippen molar-refractivity contribution in [2.45, 2.75) is 135 Å². The number of rotatable bonds is 6. The van der Waals surface area contributed by atoms with E-state index in [0.29, 0.717) is 6.42 Å². The first kappa shape index (κ1) is 28.2. The van der Waals surface area contributed by atoms with Gasteiger partial charge < -0.3 is 27.9 Å². The molecule has 3 aliphatic heterocycles. The summed E-state index contributed by atoms with van der Waals surface area (Å²) in [4.78, 5) is 0. The molecule has 0 saturated carbocycles. The molecule has 0 aromatic heterocycles. The van der Waals surface area contributed by atoms with Gasteiger partial charge in [-0.2, -0.15) is 0 Å². The SMILES string of the molecule is CC1(C)OB(C(Cc2ccccc2)C(B2OC(C)(C)C(C)(C)O2)B2OC(C)(C)C(C)(C)O2)OC1(C)C. The second-order valence-electron chi connectivity index (χ2n) is 13.8. The van der Waals surface area contributed by atoms with Gasteiger partial charge in [0, 0.05) is 5.72 Å². The highest BCUT2D eigenvalue weighted by Crippen LogP contribution is 2.53. The molecule has 1 aromatic rings. The summed E-state index contributed by atoms with van der Waals surface area (Å²) in [7, 11) is -1.60. The molecule has 0 radical (unpaired) electrons. The normalized spacial score (nSPS) is 28.2.